The van der Waals surface area contributed by atoms with Crippen molar-refractivity contribution in [3.8, 4) is 0 Å². The standard InChI is InChI=1S/C20H26F2N2/c1-4-15-20(21,22)17-10-7-16(8-11-17)9-12-18-13-14-19(23-18)24(5-2)6-3/h4,7-8,10-11,13-15,18H,5-6,9,12H2,1-3H3/b15-4+. The smallest absolute Gasteiger partial charge is 0.291 e. The van der Waals surface area contributed by atoms with Crippen LogP contribution in [-0.4, -0.2) is 29.9 Å². The number of aliphatic imine (C=N–C) groups is 1. The van der Waals surface area contributed by atoms with Crippen molar-refractivity contribution in [2.45, 2.75) is 45.6 Å². The van der Waals surface area contributed by atoms with Gasteiger partial charge in [-0.05, 0) is 51.3 Å². The summed E-state index contributed by atoms with van der Waals surface area (Å²) in [7, 11) is 0. The van der Waals surface area contributed by atoms with Gasteiger partial charge in [-0.2, -0.15) is 8.78 Å². The molecule has 4 heteroatoms. The van der Waals surface area contributed by atoms with Gasteiger partial charge in [0.1, 0.15) is 5.84 Å². The number of aryl methyl sites for hydroxylation is 1. The molecule has 1 heterocycles. The summed E-state index contributed by atoms with van der Waals surface area (Å²) >= 11 is 0. The first-order chi connectivity index (χ1) is 11.5. The highest BCUT2D eigenvalue weighted by Gasteiger charge is 2.27. The van der Waals surface area contributed by atoms with Crippen LogP contribution in [0.15, 0.2) is 53.6 Å². The van der Waals surface area contributed by atoms with Crippen molar-refractivity contribution in [2.24, 2.45) is 4.99 Å². The number of rotatable bonds is 7. The van der Waals surface area contributed by atoms with Crippen LogP contribution in [0.4, 0.5) is 8.78 Å². The van der Waals surface area contributed by atoms with Crippen molar-refractivity contribution >= 4 is 5.84 Å². The van der Waals surface area contributed by atoms with E-state index in [4.69, 9.17) is 4.99 Å². The molecular formula is C20H26F2N2. The monoisotopic (exact) mass is 332 g/mol. The number of amidine groups is 1. The minimum atomic E-state index is -2.90. The molecule has 1 aliphatic heterocycles. The molecule has 0 N–H and O–H groups in total. The van der Waals surface area contributed by atoms with Crippen LogP contribution in [0.3, 0.4) is 0 Å². The fourth-order valence-corrected chi connectivity index (χ4v) is 2.86. The Bertz CT molecular complexity index is 611. The van der Waals surface area contributed by atoms with Gasteiger partial charge in [0.15, 0.2) is 0 Å². The van der Waals surface area contributed by atoms with E-state index in [2.05, 4.69) is 30.9 Å². The van der Waals surface area contributed by atoms with Gasteiger partial charge in [-0.3, -0.25) is 4.99 Å². The van der Waals surface area contributed by atoms with E-state index < -0.39 is 5.92 Å². The molecular weight excluding hydrogens is 306 g/mol. The average Bonchev–Trinajstić information content (AvgIpc) is 3.03. The molecule has 0 aromatic heterocycles. The average molecular weight is 332 g/mol. The summed E-state index contributed by atoms with van der Waals surface area (Å²) in [5.41, 5.74) is 1.10. The van der Waals surface area contributed by atoms with E-state index in [9.17, 15) is 8.78 Å². The number of nitrogens with zero attached hydrogens (tertiary/aromatic N) is 2. The maximum atomic E-state index is 13.8. The Balaban J connectivity index is 1.93. The molecule has 2 rings (SSSR count). The number of likely N-dealkylation sites (N-methyl/N-ethyl adjacent to an activating group) is 1. The molecule has 1 aliphatic rings. The zero-order valence-corrected chi connectivity index (χ0v) is 14.7. The molecule has 1 aromatic carbocycles. The van der Waals surface area contributed by atoms with Crippen LogP contribution in [0.25, 0.3) is 0 Å². The fraction of sp³-hybridized carbons (Fsp3) is 0.450. The Kier molecular flexibility index (Phi) is 6.29. The lowest BCUT2D eigenvalue weighted by Gasteiger charge is -2.19. The van der Waals surface area contributed by atoms with Crippen molar-refractivity contribution in [2.75, 3.05) is 13.1 Å². The minimum absolute atomic E-state index is 0.0342. The van der Waals surface area contributed by atoms with Crippen molar-refractivity contribution in [1.29, 1.82) is 0 Å². The van der Waals surface area contributed by atoms with Crippen molar-refractivity contribution < 1.29 is 8.78 Å². The minimum Gasteiger partial charge on any atom is -0.357 e. The summed E-state index contributed by atoms with van der Waals surface area (Å²) in [6, 6.07) is 6.81. The van der Waals surface area contributed by atoms with Gasteiger partial charge in [-0.1, -0.05) is 36.4 Å². The number of hydrogen-bond donors (Lipinski definition) is 0. The predicted octanol–water partition coefficient (Wildman–Crippen LogP) is 4.97. The molecule has 2 nitrogen and oxygen atoms in total. The van der Waals surface area contributed by atoms with Gasteiger partial charge in [0.05, 0.1) is 6.04 Å². The molecule has 0 fully saturated rings. The van der Waals surface area contributed by atoms with Crippen LogP contribution in [0.5, 0.6) is 0 Å². The van der Waals surface area contributed by atoms with E-state index in [-0.39, 0.29) is 11.6 Å². The second-order valence-corrected chi connectivity index (χ2v) is 5.94. The second kappa shape index (κ2) is 8.22. The summed E-state index contributed by atoms with van der Waals surface area (Å²) in [6.07, 6.45) is 8.24. The highest BCUT2D eigenvalue weighted by atomic mass is 19.3. The molecule has 0 saturated carbocycles. The van der Waals surface area contributed by atoms with Gasteiger partial charge in [-0.25, -0.2) is 0 Å². The van der Waals surface area contributed by atoms with E-state index in [1.807, 2.05) is 0 Å². The first-order valence-corrected chi connectivity index (χ1v) is 8.62. The van der Waals surface area contributed by atoms with Crippen LogP contribution >= 0.6 is 0 Å². The van der Waals surface area contributed by atoms with Crippen LogP contribution in [0.2, 0.25) is 0 Å². The third-order valence-electron chi connectivity index (χ3n) is 4.30. The van der Waals surface area contributed by atoms with Gasteiger partial charge in [0.25, 0.3) is 5.92 Å². The molecule has 0 amide bonds. The van der Waals surface area contributed by atoms with E-state index in [0.29, 0.717) is 0 Å². The number of alkyl halides is 2. The Morgan fingerprint density at radius 3 is 2.42 bits per heavy atom. The lowest BCUT2D eigenvalue weighted by Crippen LogP contribution is -2.28. The van der Waals surface area contributed by atoms with E-state index in [1.54, 1.807) is 19.1 Å². The Hall–Kier alpha value is -1.97. The second-order valence-electron chi connectivity index (χ2n) is 5.94. The topological polar surface area (TPSA) is 15.6 Å². The van der Waals surface area contributed by atoms with Gasteiger partial charge in [0, 0.05) is 18.7 Å². The summed E-state index contributed by atoms with van der Waals surface area (Å²) < 4.78 is 27.6. The van der Waals surface area contributed by atoms with Crippen LogP contribution < -0.4 is 0 Å². The third kappa shape index (κ3) is 4.53. The molecule has 0 aliphatic carbocycles. The Morgan fingerprint density at radius 1 is 1.17 bits per heavy atom. The van der Waals surface area contributed by atoms with Crippen molar-refractivity contribution in [1.82, 2.24) is 4.90 Å². The molecule has 0 bridgehead atoms. The molecule has 0 spiro atoms. The summed E-state index contributed by atoms with van der Waals surface area (Å²) in [5, 5.41) is 0. The lowest BCUT2D eigenvalue weighted by molar-refractivity contribution is 0.0520. The SMILES string of the molecule is C/C=C/C(F)(F)c1ccc(CCC2C=CC(N(CC)CC)=N2)cc1. The highest BCUT2D eigenvalue weighted by molar-refractivity contribution is 5.95. The number of allylic oxidation sites excluding steroid dienone is 2. The lowest BCUT2D eigenvalue weighted by atomic mass is 10.0. The van der Waals surface area contributed by atoms with E-state index >= 15 is 0 Å². The molecule has 1 atom stereocenters. The number of hydrogen-bond acceptors (Lipinski definition) is 2. The first-order valence-electron chi connectivity index (χ1n) is 8.62. The zero-order chi connectivity index (χ0) is 17.6. The third-order valence-corrected chi connectivity index (χ3v) is 4.30. The Labute approximate surface area is 143 Å². The largest absolute Gasteiger partial charge is 0.357 e. The highest BCUT2D eigenvalue weighted by Crippen LogP contribution is 2.29. The molecule has 0 radical (unpaired) electrons. The van der Waals surface area contributed by atoms with Gasteiger partial charge < -0.3 is 4.90 Å². The zero-order valence-electron chi connectivity index (χ0n) is 14.7. The molecule has 1 aromatic rings. The molecule has 0 saturated heterocycles. The van der Waals surface area contributed by atoms with Crippen LogP contribution in [-0.2, 0) is 12.3 Å². The Morgan fingerprint density at radius 2 is 1.83 bits per heavy atom. The fourth-order valence-electron chi connectivity index (χ4n) is 2.86. The molecule has 130 valence electrons. The van der Waals surface area contributed by atoms with Crippen molar-refractivity contribution in [3.05, 3.63) is 59.7 Å². The van der Waals surface area contributed by atoms with Gasteiger partial charge >= 0.3 is 0 Å². The van der Waals surface area contributed by atoms with Crippen LogP contribution in [0, 0.1) is 0 Å². The van der Waals surface area contributed by atoms with Gasteiger partial charge in [0.2, 0.25) is 0 Å². The number of benzene rings is 1. The molecule has 24 heavy (non-hydrogen) atoms. The first kappa shape index (κ1) is 18.4. The summed E-state index contributed by atoms with van der Waals surface area (Å²) in [4.78, 5) is 6.96. The van der Waals surface area contributed by atoms with E-state index in [0.717, 1.165) is 43.4 Å². The quantitative estimate of drug-likeness (QED) is 0.644. The number of halogens is 2. The predicted molar refractivity (Wildman–Crippen MR) is 96.8 cm³/mol. The maximum Gasteiger partial charge on any atom is 0.291 e. The van der Waals surface area contributed by atoms with Crippen LogP contribution in [0.1, 0.15) is 38.3 Å². The maximum absolute atomic E-state index is 13.8. The summed E-state index contributed by atoms with van der Waals surface area (Å²) in [6.45, 7) is 7.75. The van der Waals surface area contributed by atoms with Gasteiger partial charge in [-0.15, -0.1) is 0 Å². The van der Waals surface area contributed by atoms with E-state index in [1.165, 1.54) is 18.2 Å². The molecule has 1 unspecified atom stereocenters. The summed E-state index contributed by atoms with van der Waals surface area (Å²) in [5.74, 6) is -1.85. The van der Waals surface area contributed by atoms with Crippen molar-refractivity contribution in [3.63, 3.8) is 0 Å². The normalized spacial score (nSPS) is 17.5.